The summed E-state index contributed by atoms with van der Waals surface area (Å²) in [7, 11) is 1.98. The van der Waals surface area contributed by atoms with Gasteiger partial charge in [-0.2, -0.15) is 5.10 Å². The molecule has 0 amide bonds. The van der Waals surface area contributed by atoms with Gasteiger partial charge in [-0.1, -0.05) is 11.6 Å². The van der Waals surface area contributed by atoms with E-state index >= 15 is 0 Å². The van der Waals surface area contributed by atoms with Crippen molar-refractivity contribution in [3.8, 4) is 0 Å². The first-order valence-electron chi connectivity index (χ1n) is 6.35. The summed E-state index contributed by atoms with van der Waals surface area (Å²) in [6.07, 6.45) is 3.82. The fourth-order valence-corrected chi connectivity index (χ4v) is 2.58. The van der Waals surface area contributed by atoms with Crippen LogP contribution in [-0.4, -0.2) is 36.0 Å². The van der Waals surface area contributed by atoms with Crippen molar-refractivity contribution in [2.45, 2.75) is 32.4 Å². The number of hydrogen-bond donors (Lipinski definition) is 1. The number of aromatic nitrogens is 2. The van der Waals surface area contributed by atoms with Crippen LogP contribution in [0.4, 0.5) is 5.69 Å². The van der Waals surface area contributed by atoms with E-state index in [2.05, 4.69) is 15.3 Å². The highest BCUT2D eigenvalue weighted by atomic mass is 35.5. The molecule has 6 heteroatoms. The third-order valence-electron chi connectivity index (χ3n) is 3.51. The lowest BCUT2D eigenvalue weighted by molar-refractivity contribution is 0.441. The van der Waals surface area contributed by atoms with Gasteiger partial charge < -0.3 is 10.2 Å². The van der Waals surface area contributed by atoms with Crippen molar-refractivity contribution in [1.82, 2.24) is 15.1 Å². The van der Waals surface area contributed by atoms with Crippen molar-refractivity contribution < 1.29 is 0 Å². The highest BCUT2D eigenvalue weighted by molar-refractivity contribution is 6.33. The molecular formula is C12H19ClN4O. The minimum Gasteiger partial charge on any atom is -0.369 e. The van der Waals surface area contributed by atoms with E-state index in [4.69, 9.17) is 11.6 Å². The van der Waals surface area contributed by atoms with Gasteiger partial charge in [0.2, 0.25) is 0 Å². The number of nitrogens with one attached hydrogen (secondary N) is 1. The average Bonchev–Trinajstić information content (AvgIpc) is 2.42. The maximum atomic E-state index is 11.9. The van der Waals surface area contributed by atoms with Crippen LogP contribution in [0.1, 0.15) is 19.8 Å². The quantitative estimate of drug-likeness (QED) is 0.894. The highest BCUT2D eigenvalue weighted by Gasteiger charge is 2.21. The number of anilines is 1. The molecule has 2 heterocycles. The van der Waals surface area contributed by atoms with Crippen LogP contribution in [0.25, 0.3) is 0 Å². The monoisotopic (exact) mass is 270 g/mol. The number of aryl methyl sites for hydroxylation is 1. The number of nitrogens with zero attached hydrogens (tertiary/aromatic N) is 3. The molecule has 1 aliphatic heterocycles. The van der Waals surface area contributed by atoms with Crippen LogP contribution < -0.4 is 15.8 Å². The zero-order valence-corrected chi connectivity index (χ0v) is 11.6. The molecular weight excluding hydrogens is 252 g/mol. The normalized spacial score (nSPS) is 17.2. The first kappa shape index (κ1) is 13.4. The van der Waals surface area contributed by atoms with Crippen molar-refractivity contribution in [1.29, 1.82) is 0 Å². The summed E-state index contributed by atoms with van der Waals surface area (Å²) in [5.74, 6) is 0. The van der Waals surface area contributed by atoms with Gasteiger partial charge in [-0.05, 0) is 26.8 Å². The molecule has 1 aliphatic rings. The summed E-state index contributed by atoms with van der Waals surface area (Å²) in [5.41, 5.74) is 0.563. The van der Waals surface area contributed by atoms with Crippen LogP contribution in [-0.2, 0) is 6.54 Å². The summed E-state index contributed by atoms with van der Waals surface area (Å²) < 4.78 is 1.38. The molecule has 0 aliphatic carbocycles. The fourth-order valence-electron chi connectivity index (χ4n) is 2.31. The summed E-state index contributed by atoms with van der Waals surface area (Å²) in [6, 6.07) is 0.559. The Labute approximate surface area is 112 Å². The van der Waals surface area contributed by atoms with Gasteiger partial charge in [0.15, 0.2) is 0 Å². The first-order chi connectivity index (χ1) is 8.67. The molecule has 0 unspecified atom stereocenters. The van der Waals surface area contributed by atoms with Crippen LogP contribution in [0, 0.1) is 0 Å². The van der Waals surface area contributed by atoms with Crippen molar-refractivity contribution in [3.63, 3.8) is 0 Å². The minimum absolute atomic E-state index is 0.201. The zero-order chi connectivity index (χ0) is 13.1. The summed E-state index contributed by atoms with van der Waals surface area (Å²) in [6.45, 7) is 4.23. The average molecular weight is 271 g/mol. The molecule has 0 atom stereocenters. The van der Waals surface area contributed by atoms with Gasteiger partial charge in [0.1, 0.15) is 5.02 Å². The Kier molecular flexibility index (Phi) is 4.24. The molecule has 18 heavy (non-hydrogen) atoms. The van der Waals surface area contributed by atoms with Crippen LogP contribution in [0.3, 0.4) is 0 Å². The second-order valence-electron chi connectivity index (χ2n) is 4.51. The van der Waals surface area contributed by atoms with Crippen molar-refractivity contribution in [3.05, 3.63) is 21.6 Å². The van der Waals surface area contributed by atoms with Crippen LogP contribution in [0.5, 0.6) is 0 Å². The van der Waals surface area contributed by atoms with E-state index in [9.17, 15) is 4.79 Å². The lowest BCUT2D eigenvalue weighted by Crippen LogP contribution is -2.42. The molecule has 100 valence electrons. The van der Waals surface area contributed by atoms with E-state index in [1.165, 1.54) is 4.68 Å². The molecule has 0 bridgehead atoms. The number of hydrogen-bond acceptors (Lipinski definition) is 4. The van der Waals surface area contributed by atoms with E-state index in [-0.39, 0.29) is 10.6 Å². The summed E-state index contributed by atoms with van der Waals surface area (Å²) in [4.78, 5) is 14.1. The Morgan fingerprint density at radius 2 is 2.17 bits per heavy atom. The maximum Gasteiger partial charge on any atom is 0.287 e. The van der Waals surface area contributed by atoms with Crippen LogP contribution in [0.2, 0.25) is 5.02 Å². The standard InChI is InChI=1S/C12H19ClN4O/c1-3-17-12(18)11(13)10(8-15-17)16-6-4-9(14-2)5-7-16/h8-9,14H,3-7H2,1-2H3. The molecule has 1 saturated heterocycles. The van der Waals surface area contributed by atoms with Gasteiger partial charge in [0.25, 0.3) is 5.56 Å². The molecule has 5 nitrogen and oxygen atoms in total. The number of halogens is 1. The second-order valence-corrected chi connectivity index (χ2v) is 4.89. The Hall–Kier alpha value is -1.07. The minimum atomic E-state index is -0.201. The molecule has 2 rings (SSSR count). The third-order valence-corrected chi connectivity index (χ3v) is 3.87. The Balaban J connectivity index is 2.20. The van der Waals surface area contributed by atoms with Gasteiger partial charge in [0.05, 0.1) is 11.9 Å². The van der Waals surface area contributed by atoms with E-state index in [0.29, 0.717) is 12.6 Å². The summed E-state index contributed by atoms with van der Waals surface area (Å²) in [5, 5.41) is 7.70. The molecule has 0 radical (unpaired) electrons. The highest BCUT2D eigenvalue weighted by Crippen LogP contribution is 2.24. The molecule has 0 saturated carbocycles. The Bertz CT molecular complexity index is 466. The zero-order valence-electron chi connectivity index (χ0n) is 10.8. The molecule has 0 aromatic carbocycles. The molecule has 1 aromatic rings. The van der Waals surface area contributed by atoms with Gasteiger partial charge in [-0.25, -0.2) is 4.68 Å². The van der Waals surface area contributed by atoms with Gasteiger partial charge in [-0.15, -0.1) is 0 Å². The van der Waals surface area contributed by atoms with Crippen LogP contribution in [0.15, 0.2) is 11.0 Å². The molecule has 1 aromatic heterocycles. The number of rotatable bonds is 3. The first-order valence-corrected chi connectivity index (χ1v) is 6.73. The third kappa shape index (κ3) is 2.52. The molecule has 1 fully saturated rings. The van der Waals surface area contributed by atoms with Crippen molar-refractivity contribution >= 4 is 17.3 Å². The molecule has 0 spiro atoms. The van der Waals surface area contributed by atoms with Crippen molar-refractivity contribution in [2.75, 3.05) is 25.0 Å². The van der Waals surface area contributed by atoms with Gasteiger partial charge >= 0.3 is 0 Å². The van der Waals surface area contributed by atoms with Gasteiger partial charge in [-0.3, -0.25) is 4.79 Å². The topological polar surface area (TPSA) is 50.2 Å². The fraction of sp³-hybridized carbons (Fsp3) is 0.667. The SMILES string of the molecule is CCn1ncc(N2CCC(NC)CC2)c(Cl)c1=O. The number of piperidine rings is 1. The maximum absolute atomic E-state index is 11.9. The van der Waals surface area contributed by atoms with E-state index < -0.39 is 0 Å². The van der Waals surface area contributed by atoms with Gasteiger partial charge in [0, 0.05) is 25.7 Å². The van der Waals surface area contributed by atoms with E-state index in [0.717, 1.165) is 31.6 Å². The van der Waals surface area contributed by atoms with Crippen LogP contribution >= 0.6 is 11.6 Å². The smallest absolute Gasteiger partial charge is 0.287 e. The van der Waals surface area contributed by atoms with E-state index in [1.807, 2.05) is 14.0 Å². The predicted molar refractivity (Wildman–Crippen MR) is 73.5 cm³/mol. The van der Waals surface area contributed by atoms with Crippen molar-refractivity contribution in [2.24, 2.45) is 0 Å². The lowest BCUT2D eigenvalue weighted by Gasteiger charge is -2.33. The van der Waals surface area contributed by atoms with E-state index in [1.54, 1.807) is 6.20 Å². The molecule has 1 N–H and O–H groups in total. The second kappa shape index (κ2) is 5.71. The lowest BCUT2D eigenvalue weighted by atomic mass is 10.1. The Morgan fingerprint density at radius 1 is 1.50 bits per heavy atom. The largest absolute Gasteiger partial charge is 0.369 e. The predicted octanol–water partition coefficient (Wildman–Crippen LogP) is 1.10. The summed E-state index contributed by atoms with van der Waals surface area (Å²) >= 11 is 6.15. The Morgan fingerprint density at radius 3 is 2.72 bits per heavy atom.